The first-order chi connectivity index (χ1) is 7.92. The normalized spacial score (nSPS) is 11.4. The maximum atomic E-state index is 12.1. The number of alkyl halides is 3. The van der Waals surface area contributed by atoms with Crippen LogP contribution in [0, 0.1) is 0 Å². The molecule has 17 heavy (non-hydrogen) atoms. The highest BCUT2D eigenvalue weighted by Crippen LogP contribution is 2.22. The summed E-state index contributed by atoms with van der Waals surface area (Å²) in [6.07, 6.45) is -3.36. The van der Waals surface area contributed by atoms with Gasteiger partial charge in [-0.3, -0.25) is 0 Å². The lowest BCUT2D eigenvalue weighted by molar-refractivity contribution is -0.132. The summed E-state index contributed by atoms with van der Waals surface area (Å²) in [6.45, 7) is 2.60. The molecule has 1 rings (SSSR count). The van der Waals surface area contributed by atoms with Gasteiger partial charge in [0.2, 0.25) is 0 Å². The van der Waals surface area contributed by atoms with E-state index in [1.165, 1.54) is 0 Å². The molecule has 1 aromatic heterocycles. The highest BCUT2D eigenvalue weighted by Gasteiger charge is 2.27. The zero-order valence-electron chi connectivity index (χ0n) is 9.88. The molecule has 1 aromatic rings. The Kier molecular flexibility index (Phi) is 4.60. The average Bonchev–Trinajstić information content (AvgIpc) is 2.26. The Bertz CT molecular complexity index is 352. The smallest absolute Gasteiger partial charge is 0.374 e. The predicted octanol–water partition coefficient (Wildman–Crippen LogP) is 2.90. The van der Waals surface area contributed by atoms with E-state index in [-0.39, 0.29) is 6.54 Å². The molecule has 6 heteroatoms. The van der Waals surface area contributed by atoms with Gasteiger partial charge in [0.15, 0.2) is 0 Å². The van der Waals surface area contributed by atoms with Crippen molar-refractivity contribution in [3.05, 3.63) is 18.3 Å². The van der Waals surface area contributed by atoms with Gasteiger partial charge in [0.1, 0.15) is 5.82 Å². The molecule has 0 spiro atoms. The first kappa shape index (κ1) is 13.6. The minimum absolute atomic E-state index is 0.0565. The molecular weight excluding hydrogens is 231 g/mol. The van der Waals surface area contributed by atoms with Gasteiger partial charge in [-0.2, -0.15) is 13.2 Å². The van der Waals surface area contributed by atoms with Gasteiger partial charge in [0, 0.05) is 38.1 Å². The van der Waals surface area contributed by atoms with E-state index >= 15 is 0 Å². The van der Waals surface area contributed by atoms with Crippen molar-refractivity contribution in [3.8, 4) is 0 Å². The SMILES string of the molecule is CCNc1cc(N(C)CCC(F)(F)F)ccn1. The van der Waals surface area contributed by atoms with E-state index in [1.807, 2.05) is 6.92 Å². The van der Waals surface area contributed by atoms with Gasteiger partial charge in [0.05, 0.1) is 6.42 Å². The summed E-state index contributed by atoms with van der Waals surface area (Å²) >= 11 is 0. The van der Waals surface area contributed by atoms with E-state index in [0.717, 1.165) is 12.2 Å². The largest absolute Gasteiger partial charge is 0.390 e. The number of halogens is 3. The molecule has 0 aromatic carbocycles. The first-order valence-electron chi connectivity index (χ1n) is 5.40. The molecule has 0 radical (unpaired) electrons. The molecule has 0 aliphatic rings. The second-order valence-electron chi connectivity index (χ2n) is 3.72. The molecule has 96 valence electrons. The van der Waals surface area contributed by atoms with Gasteiger partial charge >= 0.3 is 6.18 Å². The van der Waals surface area contributed by atoms with Crippen molar-refractivity contribution < 1.29 is 13.2 Å². The van der Waals surface area contributed by atoms with Crippen molar-refractivity contribution in [2.75, 3.05) is 30.4 Å². The third kappa shape index (κ3) is 4.93. The van der Waals surface area contributed by atoms with Crippen LogP contribution in [0.15, 0.2) is 18.3 Å². The van der Waals surface area contributed by atoms with E-state index in [1.54, 1.807) is 30.3 Å². The Hall–Kier alpha value is -1.46. The van der Waals surface area contributed by atoms with Gasteiger partial charge in [-0.1, -0.05) is 0 Å². The fourth-order valence-electron chi connectivity index (χ4n) is 1.36. The lowest BCUT2D eigenvalue weighted by atomic mass is 10.3. The van der Waals surface area contributed by atoms with E-state index < -0.39 is 12.6 Å². The van der Waals surface area contributed by atoms with Crippen LogP contribution in [-0.2, 0) is 0 Å². The quantitative estimate of drug-likeness (QED) is 0.867. The molecule has 0 aliphatic carbocycles. The lowest BCUT2D eigenvalue weighted by Gasteiger charge is -2.20. The number of hydrogen-bond donors (Lipinski definition) is 1. The lowest BCUT2D eigenvalue weighted by Crippen LogP contribution is -2.24. The summed E-state index contributed by atoms with van der Waals surface area (Å²) in [7, 11) is 1.64. The zero-order valence-corrected chi connectivity index (χ0v) is 9.88. The van der Waals surface area contributed by atoms with Crippen LogP contribution in [0.4, 0.5) is 24.7 Å². The van der Waals surface area contributed by atoms with E-state index in [0.29, 0.717) is 5.82 Å². The number of nitrogens with one attached hydrogen (secondary N) is 1. The van der Waals surface area contributed by atoms with Crippen molar-refractivity contribution in [3.63, 3.8) is 0 Å². The van der Waals surface area contributed by atoms with Crippen LogP contribution < -0.4 is 10.2 Å². The molecule has 1 heterocycles. The second kappa shape index (κ2) is 5.75. The minimum Gasteiger partial charge on any atom is -0.374 e. The summed E-state index contributed by atoms with van der Waals surface area (Å²) in [5.41, 5.74) is 0.722. The standard InChI is InChI=1S/C11H16F3N3/c1-3-15-10-8-9(4-6-16-10)17(2)7-5-11(12,13)14/h4,6,8H,3,5,7H2,1-2H3,(H,15,16). The molecule has 0 bridgehead atoms. The molecular formula is C11H16F3N3. The van der Waals surface area contributed by atoms with Crippen molar-refractivity contribution in [2.24, 2.45) is 0 Å². The maximum Gasteiger partial charge on any atom is 0.390 e. The van der Waals surface area contributed by atoms with Crippen LogP contribution in [0.5, 0.6) is 0 Å². The average molecular weight is 247 g/mol. The number of nitrogens with zero attached hydrogens (tertiary/aromatic N) is 2. The van der Waals surface area contributed by atoms with Crippen molar-refractivity contribution in [2.45, 2.75) is 19.5 Å². The minimum atomic E-state index is -4.12. The maximum absolute atomic E-state index is 12.1. The molecule has 0 unspecified atom stereocenters. The highest BCUT2D eigenvalue weighted by atomic mass is 19.4. The monoisotopic (exact) mass is 247 g/mol. The Balaban J connectivity index is 2.62. The predicted molar refractivity (Wildman–Crippen MR) is 62.3 cm³/mol. The van der Waals surface area contributed by atoms with E-state index in [9.17, 15) is 13.2 Å². The number of pyridine rings is 1. The molecule has 0 amide bonds. The molecule has 3 nitrogen and oxygen atoms in total. The van der Waals surface area contributed by atoms with Crippen LogP contribution in [-0.4, -0.2) is 31.3 Å². The van der Waals surface area contributed by atoms with Gasteiger partial charge in [-0.15, -0.1) is 0 Å². The van der Waals surface area contributed by atoms with Crippen molar-refractivity contribution in [1.29, 1.82) is 0 Å². The Morgan fingerprint density at radius 3 is 2.71 bits per heavy atom. The summed E-state index contributed by atoms with van der Waals surface area (Å²) in [4.78, 5) is 5.63. The summed E-state index contributed by atoms with van der Waals surface area (Å²) in [5.74, 6) is 0.670. The molecule has 0 saturated carbocycles. The Morgan fingerprint density at radius 2 is 2.12 bits per heavy atom. The van der Waals surface area contributed by atoms with Crippen LogP contribution in [0.2, 0.25) is 0 Å². The van der Waals surface area contributed by atoms with Crippen LogP contribution >= 0.6 is 0 Å². The number of aromatic nitrogens is 1. The Labute approximate surface area is 98.6 Å². The summed E-state index contributed by atoms with van der Waals surface area (Å²) in [5, 5.41) is 3.02. The van der Waals surface area contributed by atoms with Gasteiger partial charge in [-0.25, -0.2) is 4.98 Å². The van der Waals surface area contributed by atoms with Gasteiger partial charge < -0.3 is 10.2 Å². The van der Waals surface area contributed by atoms with Gasteiger partial charge in [-0.05, 0) is 13.0 Å². The van der Waals surface area contributed by atoms with Crippen molar-refractivity contribution in [1.82, 2.24) is 4.98 Å². The summed E-state index contributed by atoms with van der Waals surface area (Å²) < 4.78 is 36.2. The molecule has 0 atom stereocenters. The third-order valence-corrected chi connectivity index (χ3v) is 2.27. The topological polar surface area (TPSA) is 28.2 Å². The second-order valence-corrected chi connectivity index (χ2v) is 3.72. The zero-order chi connectivity index (χ0) is 12.9. The van der Waals surface area contributed by atoms with E-state index in [4.69, 9.17) is 0 Å². The summed E-state index contributed by atoms with van der Waals surface area (Å²) in [6, 6.07) is 3.43. The van der Waals surface area contributed by atoms with Gasteiger partial charge in [0.25, 0.3) is 0 Å². The first-order valence-corrected chi connectivity index (χ1v) is 5.40. The van der Waals surface area contributed by atoms with Crippen LogP contribution in [0.3, 0.4) is 0 Å². The third-order valence-electron chi connectivity index (χ3n) is 2.27. The van der Waals surface area contributed by atoms with Crippen molar-refractivity contribution >= 4 is 11.5 Å². The van der Waals surface area contributed by atoms with E-state index in [2.05, 4.69) is 10.3 Å². The highest BCUT2D eigenvalue weighted by molar-refractivity contribution is 5.53. The fraction of sp³-hybridized carbons (Fsp3) is 0.545. The number of hydrogen-bond acceptors (Lipinski definition) is 3. The Morgan fingerprint density at radius 1 is 1.41 bits per heavy atom. The molecule has 0 aliphatic heterocycles. The molecule has 1 N–H and O–H groups in total. The number of anilines is 2. The molecule has 0 fully saturated rings. The number of rotatable bonds is 5. The van der Waals surface area contributed by atoms with Crippen LogP contribution in [0.1, 0.15) is 13.3 Å². The molecule has 0 saturated heterocycles. The van der Waals surface area contributed by atoms with Crippen LogP contribution in [0.25, 0.3) is 0 Å². The fourth-order valence-corrected chi connectivity index (χ4v) is 1.36.